The molecule has 0 spiro atoms. The first-order valence-corrected chi connectivity index (χ1v) is 8.39. The van der Waals surface area contributed by atoms with Crippen LogP contribution in [-0.4, -0.2) is 54.2 Å². The average Bonchev–Trinajstić information content (AvgIpc) is 3.36. The first kappa shape index (κ1) is 16.7. The highest BCUT2D eigenvalue weighted by Crippen LogP contribution is 2.43. The molecule has 2 aliphatic rings. The van der Waals surface area contributed by atoms with Gasteiger partial charge in [0, 0.05) is 26.9 Å². The molecule has 1 saturated carbocycles. The first-order chi connectivity index (χ1) is 11.5. The Bertz CT molecular complexity index is 605. The van der Waals surface area contributed by atoms with E-state index in [1.807, 2.05) is 0 Å². The van der Waals surface area contributed by atoms with E-state index in [0.717, 1.165) is 38.7 Å². The molecule has 24 heavy (non-hydrogen) atoms. The highest BCUT2D eigenvalue weighted by Gasteiger charge is 2.51. The fourth-order valence-electron chi connectivity index (χ4n) is 3.06. The number of ether oxygens (including phenoxy) is 1. The summed E-state index contributed by atoms with van der Waals surface area (Å²) in [6.07, 6.45) is 6.74. The van der Waals surface area contributed by atoms with Crippen molar-refractivity contribution in [2.75, 3.05) is 26.0 Å². The summed E-state index contributed by atoms with van der Waals surface area (Å²) in [5.41, 5.74) is 0.269. The molecule has 2 N–H and O–H groups in total. The van der Waals surface area contributed by atoms with Gasteiger partial charge in [-0.3, -0.25) is 10.1 Å². The lowest BCUT2D eigenvalue weighted by atomic mass is 10.0. The summed E-state index contributed by atoms with van der Waals surface area (Å²) in [5.74, 6) is 0.299. The molecule has 1 atom stereocenters. The third kappa shape index (κ3) is 3.67. The highest BCUT2D eigenvalue weighted by atomic mass is 16.5. The number of hydrogen-bond donors (Lipinski definition) is 2. The van der Waals surface area contributed by atoms with Crippen LogP contribution in [0, 0.1) is 0 Å². The molecule has 0 bridgehead atoms. The summed E-state index contributed by atoms with van der Waals surface area (Å²) in [6, 6.07) is 3.01. The van der Waals surface area contributed by atoms with Gasteiger partial charge in [-0.2, -0.15) is 0 Å². The predicted molar refractivity (Wildman–Crippen MR) is 90.0 cm³/mol. The van der Waals surface area contributed by atoms with Gasteiger partial charge in [0.15, 0.2) is 0 Å². The van der Waals surface area contributed by atoms with Gasteiger partial charge in [-0.1, -0.05) is 0 Å². The van der Waals surface area contributed by atoms with E-state index in [9.17, 15) is 9.59 Å². The van der Waals surface area contributed by atoms with Gasteiger partial charge >= 0.3 is 6.03 Å². The minimum atomic E-state index is -0.277. The normalized spacial score (nSPS) is 21.7. The molecule has 0 radical (unpaired) electrons. The lowest BCUT2D eigenvalue weighted by Gasteiger charge is -2.31. The van der Waals surface area contributed by atoms with Crippen molar-refractivity contribution in [3.63, 3.8) is 0 Å². The van der Waals surface area contributed by atoms with E-state index in [4.69, 9.17) is 4.74 Å². The van der Waals surface area contributed by atoms with Crippen molar-refractivity contribution < 1.29 is 14.3 Å². The van der Waals surface area contributed by atoms with Gasteiger partial charge in [0.25, 0.3) is 5.91 Å². The number of nitrogens with one attached hydrogen (secondary N) is 2. The number of urea groups is 1. The van der Waals surface area contributed by atoms with Crippen molar-refractivity contribution in [3.8, 4) is 0 Å². The van der Waals surface area contributed by atoms with Crippen molar-refractivity contribution in [2.24, 2.45) is 0 Å². The average molecular weight is 332 g/mol. The Balaban J connectivity index is 1.56. The number of aromatic nitrogens is 1. The fourth-order valence-corrected chi connectivity index (χ4v) is 3.06. The van der Waals surface area contributed by atoms with E-state index in [1.165, 1.54) is 11.1 Å². The second kappa shape index (κ2) is 6.76. The van der Waals surface area contributed by atoms with Gasteiger partial charge in [0.05, 0.1) is 17.2 Å². The van der Waals surface area contributed by atoms with Crippen LogP contribution >= 0.6 is 0 Å². The molecule has 1 aromatic rings. The number of anilines is 1. The van der Waals surface area contributed by atoms with Gasteiger partial charge < -0.3 is 15.0 Å². The van der Waals surface area contributed by atoms with E-state index in [0.29, 0.717) is 11.4 Å². The van der Waals surface area contributed by atoms with Crippen molar-refractivity contribution in [3.05, 3.63) is 23.9 Å². The van der Waals surface area contributed by atoms with Crippen LogP contribution in [0.5, 0.6) is 0 Å². The Morgan fingerprint density at radius 2 is 2.08 bits per heavy atom. The fraction of sp³-hybridized carbons (Fsp3) is 0.588. The number of carbonyl (C=O) groups excluding carboxylic acids is 2. The van der Waals surface area contributed by atoms with Gasteiger partial charge in [0.1, 0.15) is 5.82 Å². The van der Waals surface area contributed by atoms with Crippen molar-refractivity contribution >= 4 is 17.8 Å². The molecule has 1 aromatic heterocycles. The second-order valence-electron chi connectivity index (χ2n) is 6.72. The Kier molecular flexibility index (Phi) is 4.71. The lowest BCUT2D eigenvalue weighted by Crippen LogP contribution is -2.49. The molecule has 7 heteroatoms. The Labute approximate surface area is 141 Å². The van der Waals surface area contributed by atoms with E-state index in [2.05, 4.69) is 15.6 Å². The third-order valence-corrected chi connectivity index (χ3v) is 4.61. The molecule has 130 valence electrons. The van der Waals surface area contributed by atoms with Crippen LogP contribution in [0.3, 0.4) is 0 Å². The van der Waals surface area contributed by atoms with E-state index in [-0.39, 0.29) is 23.6 Å². The summed E-state index contributed by atoms with van der Waals surface area (Å²) in [5, 5.41) is 5.78. The lowest BCUT2D eigenvalue weighted by molar-refractivity contribution is -0.0119. The Hall–Kier alpha value is -2.15. The van der Waals surface area contributed by atoms with Crippen LogP contribution in [0.1, 0.15) is 42.5 Å². The van der Waals surface area contributed by atoms with E-state index in [1.54, 1.807) is 26.2 Å². The van der Waals surface area contributed by atoms with Crippen molar-refractivity contribution in [1.82, 2.24) is 15.2 Å². The summed E-state index contributed by atoms with van der Waals surface area (Å²) >= 11 is 0. The Morgan fingerprint density at radius 1 is 1.29 bits per heavy atom. The SMILES string of the molecule is CN(C)C(=O)c1ccc(NC(=O)NC2(C3CCCCO3)CC2)nc1. The molecule has 1 unspecified atom stereocenters. The van der Waals surface area contributed by atoms with Gasteiger partial charge in [-0.05, 0) is 44.2 Å². The number of pyridine rings is 1. The molecular weight excluding hydrogens is 308 g/mol. The zero-order valence-electron chi connectivity index (χ0n) is 14.2. The van der Waals surface area contributed by atoms with Crippen molar-refractivity contribution in [1.29, 1.82) is 0 Å². The molecule has 3 rings (SSSR count). The summed E-state index contributed by atoms with van der Waals surface area (Å²) in [6.45, 7) is 0.776. The summed E-state index contributed by atoms with van der Waals surface area (Å²) < 4.78 is 5.82. The monoisotopic (exact) mass is 332 g/mol. The molecule has 2 heterocycles. The molecule has 2 fully saturated rings. The van der Waals surface area contributed by atoms with Crippen LogP contribution in [-0.2, 0) is 4.74 Å². The zero-order valence-corrected chi connectivity index (χ0v) is 14.2. The van der Waals surface area contributed by atoms with E-state index >= 15 is 0 Å². The van der Waals surface area contributed by atoms with Crippen molar-refractivity contribution in [2.45, 2.75) is 43.7 Å². The standard InChI is InChI=1S/C17H24N4O3/c1-21(2)15(22)12-6-7-14(18-11-12)19-16(23)20-17(8-9-17)13-5-3-4-10-24-13/h6-7,11,13H,3-5,8-10H2,1-2H3,(H2,18,19,20,23). The number of nitrogens with zero attached hydrogens (tertiary/aromatic N) is 2. The molecule has 3 amide bonds. The third-order valence-electron chi connectivity index (χ3n) is 4.61. The molecule has 1 saturated heterocycles. The largest absolute Gasteiger partial charge is 0.376 e. The first-order valence-electron chi connectivity index (χ1n) is 8.39. The van der Waals surface area contributed by atoms with Crippen LogP contribution < -0.4 is 10.6 Å². The molecule has 0 aromatic carbocycles. The molecular formula is C17H24N4O3. The maximum absolute atomic E-state index is 12.2. The van der Waals surface area contributed by atoms with Gasteiger partial charge in [0.2, 0.25) is 0 Å². The maximum Gasteiger partial charge on any atom is 0.320 e. The quantitative estimate of drug-likeness (QED) is 0.883. The summed E-state index contributed by atoms with van der Waals surface area (Å²) in [4.78, 5) is 29.7. The van der Waals surface area contributed by atoms with Crippen LogP contribution in [0.15, 0.2) is 18.3 Å². The minimum Gasteiger partial charge on any atom is -0.376 e. The minimum absolute atomic E-state index is 0.116. The topological polar surface area (TPSA) is 83.6 Å². The number of hydrogen-bond acceptors (Lipinski definition) is 4. The van der Waals surface area contributed by atoms with Crippen LogP contribution in [0.2, 0.25) is 0 Å². The predicted octanol–water partition coefficient (Wildman–Crippen LogP) is 2.01. The number of rotatable bonds is 4. The zero-order chi connectivity index (χ0) is 17.2. The second-order valence-corrected chi connectivity index (χ2v) is 6.72. The summed E-state index contributed by atoms with van der Waals surface area (Å²) in [7, 11) is 3.37. The van der Waals surface area contributed by atoms with Gasteiger partial charge in [-0.25, -0.2) is 9.78 Å². The van der Waals surface area contributed by atoms with Crippen LogP contribution in [0.4, 0.5) is 10.6 Å². The van der Waals surface area contributed by atoms with Crippen LogP contribution in [0.25, 0.3) is 0 Å². The maximum atomic E-state index is 12.2. The highest BCUT2D eigenvalue weighted by molar-refractivity contribution is 5.94. The molecule has 7 nitrogen and oxygen atoms in total. The molecule has 1 aliphatic carbocycles. The van der Waals surface area contributed by atoms with Gasteiger partial charge in [-0.15, -0.1) is 0 Å². The van der Waals surface area contributed by atoms with E-state index < -0.39 is 0 Å². The smallest absolute Gasteiger partial charge is 0.320 e. The number of carbonyl (C=O) groups is 2. The number of amides is 3. The molecule has 1 aliphatic heterocycles. The Morgan fingerprint density at radius 3 is 2.62 bits per heavy atom.